The maximum Gasteiger partial charge on any atom is 0.262 e. The van der Waals surface area contributed by atoms with Crippen molar-refractivity contribution in [3.8, 4) is 0 Å². The molecule has 6 heteroatoms. The van der Waals surface area contributed by atoms with E-state index in [1.54, 1.807) is 0 Å². The van der Waals surface area contributed by atoms with Crippen LogP contribution in [-0.4, -0.2) is 34.3 Å². The van der Waals surface area contributed by atoms with E-state index in [1.165, 1.54) is 6.07 Å². The molecule has 1 unspecified atom stereocenters. The molecule has 0 aromatic heterocycles. The number of halogens is 1. The highest BCUT2D eigenvalue weighted by Crippen LogP contribution is 2.29. The summed E-state index contributed by atoms with van der Waals surface area (Å²) in [6.45, 7) is 0. The first-order valence-corrected chi connectivity index (χ1v) is 6.71. The molecule has 1 saturated carbocycles. The summed E-state index contributed by atoms with van der Waals surface area (Å²) >= 11 is 0. The van der Waals surface area contributed by atoms with Gasteiger partial charge in [-0.2, -0.15) is 0 Å². The molecule has 5 nitrogen and oxygen atoms in total. The van der Waals surface area contributed by atoms with Gasteiger partial charge in [0, 0.05) is 19.3 Å². The lowest BCUT2D eigenvalue weighted by atomic mass is 10.1. The van der Waals surface area contributed by atoms with Crippen LogP contribution in [0, 0.1) is 5.82 Å². The van der Waals surface area contributed by atoms with E-state index in [0.717, 1.165) is 17.0 Å². The van der Waals surface area contributed by atoms with E-state index in [-0.39, 0.29) is 48.4 Å². The van der Waals surface area contributed by atoms with Gasteiger partial charge in [0.2, 0.25) is 0 Å². The van der Waals surface area contributed by atoms with Crippen LogP contribution in [0.15, 0.2) is 18.2 Å². The van der Waals surface area contributed by atoms with Crippen LogP contribution in [0.1, 0.15) is 46.4 Å². The quantitative estimate of drug-likeness (QED) is 0.580. The van der Waals surface area contributed by atoms with Crippen LogP contribution in [0.2, 0.25) is 0 Å². The third-order valence-electron chi connectivity index (χ3n) is 3.91. The molecule has 1 heterocycles. The molecule has 2 amide bonds. The highest BCUT2D eigenvalue weighted by Gasteiger charge is 2.43. The molecule has 108 valence electrons. The third kappa shape index (κ3) is 2.16. The summed E-state index contributed by atoms with van der Waals surface area (Å²) in [6.07, 6.45) is 0.488. The Labute approximate surface area is 119 Å². The zero-order valence-corrected chi connectivity index (χ0v) is 11.1. The van der Waals surface area contributed by atoms with Gasteiger partial charge in [-0.25, -0.2) is 4.39 Å². The first kappa shape index (κ1) is 13.6. The summed E-state index contributed by atoms with van der Waals surface area (Å²) in [5.74, 6) is -2.21. The summed E-state index contributed by atoms with van der Waals surface area (Å²) in [5, 5.41) is 0. The van der Waals surface area contributed by atoms with E-state index < -0.39 is 23.7 Å². The molecule has 0 N–H and O–H groups in total. The molecule has 1 aromatic rings. The number of benzene rings is 1. The molecule has 21 heavy (non-hydrogen) atoms. The average Bonchev–Trinajstić information content (AvgIpc) is 2.59. The highest BCUT2D eigenvalue weighted by molar-refractivity contribution is 6.23. The Hall–Kier alpha value is -2.37. The lowest BCUT2D eigenvalue weighted by Crippen LogP contribution is -2.44. The van der Waals surface area contributed by atoms with E-state index in [9.17, 15) is 23.6 Å². The predicted molar refractivity (Wildman–Crippen MR) is 69.2 cm³/mol. The molecular formula is C15H12FNO4. The van der Waals surface area contributed by atoms with Crippen molar-refractivity contribution in [1.29, 1.82) is 0 Å². The number of hydrogen-bond acceptors (Lipinski definition) is 4. The summed E-state index contributed by atoms with van der Waals surface area (Å²) in [7, 11) is 0. The molecule has 1 aliphatic carbocycles. The van der Waals surface area contributed by atoms with Crippen LogP contribution in [0.4, 0.5) is 4.39 Å². The zero-order valence-electron chi connectivity index (χ0n) is 11.1. The Morgan fingerprint density at radius 3 is 2.43 bits per heavy atom. The van der Waals surface area contributed by atoms with Gasteiger partial charge >= 0.3 is 0 Å². The summed E-state index contributed by atoms with van der Waals surface area (Å²) < 4.78 is 13.2. The summed E-state index contributed by atoms with van der Waals surface area (Å²) in [4.78, 5) is 49.0. The van der Waals surface area contributed by atoms with Gasteiger partial charge in [0.05, 0.1) is 17.2 Å². The van der Waals surface area contributed by atoms with E-state index in [2.05, 4.69) is 0 Å². The number of ketones is 2. The van der Waals surface area contributed by atoms with Gasteiger partial charge in [0.1, 0.15) is 11.6 Å². The minimum absolute atomic E-state index is 0.0247. The molecule has 0 saturated heterocycles. The third-order valence-corrected chi connectivity index (χ3v) is 3.91. The number of Topliss-reactive ketones (excluding diaryl/α,β-unsaturated/α-hetero) is 2. The highest BCUT2D eigenvalue weighted by atomic mass is 19.1. The van der Waals surface area contributed by atoms with Crippen LogP contribution in [0.5, 0.6) is 0 Å². The molecular weight excluding hydrogens is 277 g/mol. The molecule has 3 rings (SSSR count). The van der Waals surface area contributed by atoms with Crippen molar-refractivity contribution in [3.63, 3.8) is 0 Å². The molecule has 1 fully saturated rings. The van der Waals surface area contributed by atoms with Crippen molar-refractivity contribution in [1.82, 2.24) is 4.90 Å². The maximum absolute atomic E-state index is 13.2. The van der Waals surface area contributed by atoms with E-state index in [0.29, 0.717) is 0 Å². The normalized spacial score (nSPS) is 22.5. The number of hydrogen-bond donors (Lipinski definition) is 0. The minimum Gasteiger partial charge on any atom is -0.300 e. The van der Waals surface area contributed by atoms with Gasteiger partial charge < -0.3 is 0 Å². The molecule has 0 bridgehead atoms. The lowest BCUT2D eigenvalue weighted by molar-refractivity contribution is -0.124. The predicted octanol–water partition coefficient (Wildman–Crippen LogP) is 1.50. The number of amides is 2. The Morgan fingerprint density at radius 2 is 1.67 bits per heavy atom. The summed E-state index contributed by atoms with van der Waals surface area (Å²) in [5.41, 5.74) is 0.0770. The van der Waals surface area contributed by atoms with Crippen LogP contribution < -0.4 is 0 Å². The fourth-order valence-electron chi connectivity index (χ4n) is 2.80. The molecule has 0 spiro atoms. The van der Waals surface area contributed by atoms with Crippen molar-refractivity contribution >= 4 is 23.4 Å². The van der Waals surface area contributed by atoms with E-state index in [1.807, 2.05) is 0 Å². The zero-order chi connectivity index (χ0) is 15.1. The smallest absolute Gasteiger partial charge is 0.262 e. The van der Waals surface area contributed by atoms with Crippen LogP contribution >= 0.6 is 0 Å². The largest absolute Gasteiger partial charge is 0.300 e. The Balaban J connectivity index is 1.97. The lowest BCUT2D eigenvalue weighted by Gasteiger charge is -2.23. The number of nitrogens with zero attached hydrogens (tertiary/aromatic N) is 1. The second kappa shape index (κ2) is 4.87. The number of fused-ring (bicyclic) bond motifs is 1. The van der Waals surface area contributed by atoms with Gasteiger partial charge in [-0.3, -0.25) is 24.1 Å². The molecule has 2 aliphatic rings. The van der Waals surface area contributed by atoms with Crippen molar-refractivity contribution in [2.24, 2.45) is 0 Å². The van der Waals surface area contributed by atoms with Gasteiger partial charge in [-0.1, -0.05) is 0 Å². The molecule has 1 aliphatic heterocycles. The summed E-state index contributed by atoms with van der Waals surface area (Å²) in [6, 6.07) is 2.43. The standard InChI is InChI=1S/C15H12FNO4/c16-8-1-4-10-11(7-8)15(21)17(14(10)20)12-5-2-9(18)3-6-13(12)19/h1,4,7,12H,2-3,5-6H2. The number of rotatable bonds is 1. The van der Waals surface area contributed by atoms with Gasteiger partial charge in [-0.15, -0.1) is 0 Å². The maximum atomic E-state index is 13.2. The fourth-order valence-corrected chi connectivity index (χ4v) is 2.80. The second-order valence-corrected chi connectivity index (χ2v) is 5.23. The van der Waals surface area contributed by atoms with Crippen molar-refractivity contribution in [2.45, 2.75) is 31.7 Å². The van der Waals surface area contributed by atoms with Gasteiger partial charge in [-0.05, 0) is 24.6 Å². The van der Waals surface area contributed by atoms with Crippen LogP contribution in [0.25, 0.3) is 0 Å². The van der Waals surface area contributed by atoms with E-state index >= 15 is 0 Å². The topological polar surface area (TPSA) is 71.5 Å². The molecule has 1 aromatic carbocycles. The average molecular weight is 289 g/mol. The first-order chi connectivity index (χ1) is 9.99. The number of carbonyl (C=O) groups excluding carboxylic acids is 4. The number of carbonyl (C=O) groups is 4. The molecule has 0 radical (unpaired) electrons. The van der Waals surface area contributed by atoms with Crippen molar-refractivity contribution < 1.29 is 23.6 Å². The molecule has 1 atom stereocenters. The fraction of sp³-hybridized carbons (Fsp3) is 0.333. The Kier molecular flexibility index (Phi) is 3.16. The van der Waals surface area contributed by atoms with Crippen LogP contribution in [0.3, 0.4) is 0 Å². The Bertz CT molecular complexity index is 682. The van der Waals surface area contributed by atoms with E-state index in [4.69, 9.17) is 0 Å². The second-order valence-electron chi connectivity index (χ2n) is 5.23. The van der Waals surface area contributed by atoms with Crippen molar-refractivity contribution in [2.75, 3.05) is 0 Å². The Morgan fingerprint density at radius 1 is 0.952 bits per heavy atom. The monoisotopic (exact) mass is 289 g/mol. The van der Waals surface area contributed by atoms with Gasteiger partial charge in [0.15, 0.2) is 5.78 Å². The van der Waals surface area contributed by atoms with Crippen molar-refractivity contribution in [3.05, 3.63) is 35.1 Å². The van der Waals surface area contributed by atoms with Crippen LogP contribution in [-0.2, 0) is 9.59 Å². The SMILES string of the molecule is O=C1CCC(=O)C(N2C(=O)c3ccc(F)cc3C2=O)CC1. The first-order valence-electron chi connectivity index (χ1n) is 6.71. The number of imide groups is 1. The van der Waals surface area contributed by atoms with Gasteiger partial charge in [0.25, 0.3) is 11.8 Å². The minimum atomic E-state index is -0.924.